The number of benzene rings is 3. The molecule has 0 fully saturated rings. The van der Waals surface area contributed by atoms with E-state index in [1.54, 1.807) is 0 Å². The first-order chi connectivity index (χ1) is 16.1. The topological polar surface area (TPSA) is 20.3 Å². The van der Waals surface area contributed by atoms with E-state index in [1.165, 1.54) is 64.2 Å². The van der Waals surface area contributed by atoms with Crippen LogP contribution in [0.15, 0.2) is 48.5 Å². The predicted octanol–water partition coefficient (Wildman–Crippen LogP) is 9.07. The zero-order valence-electron chi connectivity index (χ0n) is 20.5. The number of hydrogen-bond acceptors (Lipinski definition) is 2. The van der Waals surface area contributed by atoms with Crippen molar-refractivity contribution in [2.24, 2.45) is 0 Å². The number of fused-ring (bicyclic) bond motifs is 3. The van der Waals surface area contributed by atoms with Crippen LogP contribution in [-0.2, 0) is 0 Å². The fraction of sp³-hybridized carbons (Fsp3) is 0.500. The molecule has 3 aromatic rings. The molecule has 0 spiro atoms. The highest BCUT2D eigenvalue weighted by atomic mass is 35.5. The van der Waals surface area contributed by atoms with Crippen molar-refractivity contribution < 1.29 is 4.79 Å². The van der Waals surface area contributed by atoms with Crippen molar-refractivity contribution in [3.63, 3.8) is 0 Å². The minimum Gasteiger partial charge on any atom is -0.296 e. The van der Waals surface area contributed by atoms with E-state index in [-0.39, 0.29) is 5.78 Å². The van der Waals surface area contributed by atoms with E-state index in [2.05, 4.69) is 30.9 Å². The Bertz CT molecular complexity index is 1010. The molecule has 0 heterocycles. The number of Topliss-reactive ketones (excluding diaryl/α,β-unsaturated/α-hetero) is 1. The molecular weight excluding hydrogens is 426 g/mol. The number of carbonyl (C=O) groups is 1. The highest BCUT2D eigenvalue weighted by Crippen LogP contribution is 2.32. The first-order valence-electron chi connectivity index (χ1n) is 13.0. The molecule has 0 bridgehead atoms. The van der Waals surface area contributed by atoms with Crippen molar-refractivity contribution in [2.45, 2.75) is 78.1 Å². The Kier molecular flexibility index (Phi) is 10.7. The van der Waals surface area contributed by atoms with Crippen LogP contribution in [0.4, 0.5) is 0 Å². The van der Waals surface area contributed by atoms with Crippen molar-refractivity contribution in [1.29, 1.82) is 0 Å². The number of carbonyl (C=O) groups excluding carboxylic acids is 1. The standard InChI is InChI=1S/C30H40ClNO/c1-3-5-7-9-13-19-32(20-14-10-8-6-4-2)23-30(33)25-18-17-24-22-29(31)27-16-12-11-15-26(27)28(24)21-25/h11-12,15-18,21-22H,3-10,13-14,19-20,23H2,1-2H3. The SMILES string of the molecule is CCCCCCCN(CCCCCCC)CC(=O)c1ccc2cc(Cl)c3ccccc3c2c1. The highest BCUT2D eigenvalue weighted by molar-refractivity contribution is 6.37. The van der Waals surface area contributed by atoms with E-state index in [0.29, 0.717) is 6.54 Å². The van der Waals surface area contributed by atoms with Crippen LogP contribution in [0.2, 0.25) is 5.02 Å². The second-order valence-electron chi connectivity index (χ2n) is 9.37. The molecule has 3 heteroatoms. The Balaban J connectivity index is 1.71. The van der Waals surface area contributed by atoms with Crippen LogP contribution in [0.3, 0.4) is 0 Å². The molecule has 33 heavy (non-hydrogen) atoms. The molecule has 0 atom stereocenters. The first kappa shape index (κ1) is 25.7. The van der Waals surface area contributed by atoms with E-state index in [4.69, 9.17) is 11.6 Å². The summed E-state index contributed by atoms with van der Waals surface area (Å²) in [6.07, 6.45) is 12.6. The normalized spacial score (nSPS) is 11.6. The van der Waals surface area contributed by atoms with Gasteiger partial charge in [-0.15, -0.1) is 0 Å². The number of rotatable bonds is 15. The van der Waals surface area contributed by atoms with Gasteiger partial charge in [-0.2, -0.15) is 0 Å². The number of halogens is 1. The van der Waals surface area contributed by atoms with E-state index in [9.17, 15) is 4.79 Å². The lowest BCUT2D eigenvalue weighted by atomic mass is 9.98. The lowest BCUT2D eigenvalue weighted by molar-refractivity contribution is 0.0927. The van der Waals surface area contributed by atoms with Crippen molar-refractivity contribution in [1.82, 2.24) is 4.90 Å². The smallest absolute Gasteiger partial charge is 0.176 e. The van der Waals surface area contributed by atoms with Crippen molar-refractivity contribution in [3.05, 3.63) is 59.1 Å². The fourth-order valence-electron chi connectivity index (χ4n) is 4.67. The second kappa shape index (κ2) is 13.7. The first-order valence-corrected chi connectivity index (χ1v) is 13.4. The number of unbranched alkanes of at least 4 members (excludes halogenated alkanes) is 8. The summed E-state index contributed by atoms with van der Waals surface area (Å²) in [5.74, 6) is 0.220. The molecule has 3 rings (SSSR count). The van der Waals surface area contributed by atoms with E-state index in [0.717, 1.165) is 45.2 Å². The van der Waals surface area contributed by atoms with Gasteiger partial charge in [0.1, 0.15) is 0 Å². The fourth-order valence-corrected chi connectivity index (χ4v) is 4.95. The van der Waals surface area contributed by atoms with Gasteiger partial charge in [-0.05, 0) is 54.2 Å². The summed E-state index contributed by atoms with van der Waals surface area (Å²) < 4.78 is 0. The molecule has 0 saturated carbocycles. The van der Waals surface area contributed by atoms with Gasteiger partial charge in [-0.3, -0.25) is 9.69 Å². The molecule has 0 amide bonds. The van der Waals surface area contributed by atoms with Crippen molar-refractivity contribution in [3.8, 4) is 0 Å². The lowest BCUT2D eigenvalue weighted by Gasteiger charge is -2.22. The lowest BCUT2D eigenvalue weighted by Crippen LogP contribution is -2.32. The number of nitrogens with zero attached hydrogens (tertiary/aromatic N) is 1. The number of hydrogen-bond donors (Lipinski definition) is 0. The van der Waals surface area contributed by atoms with Gasteiger partial charge < -0.3 is 0 Å². The minimum atomic E-state index is 0.220. The summed E-state index contributed by atoms with van der Waals surface area (Å²) in [7, 11) is 0. The number of ketones is 1. The average molecular weight is 466 g/mol. The molecule has 0 radical (unpaired) electrons. The van der Waals surface area contributed by atoms with Gasteiger partial charge in [0.2, 0.25) is 0 Å². The third kappa shape index (κ3) is 7.55. The molecule has 0 aliphatic carbocycles. The van der Waals surface area contributed by atoms with Crippen LogP contribution >= 0.6 is 11.6 Å². The van der Waals surface area contributed by atoms with Crippen molar-refractivity contribution in [2.75, 3.05) is 19.6 Å². The molecule has 0 aromatic heterocycles. The Labute approximate surface area is 205 Å². The average Bonchev–Trinajstić information content (AvgIpc) is 2.83. The molecule has 178 valence electrons. The summed E-state index contributed by atoms with van der Waals surface area (Å²) in [6, 6.07) is 16.3. The third-order valence-electron chi connectivity index (χ3n) is 6.66. The quantitative estimate of drug-likeness (QED) is 0.127. The summed E-state index contributed by atoms with van der Waals surface area (Å²) in [6.45, 7) is 7.06. The van der Waals surface area contributed by atoms with Gasteiger partial charge in [0, 0.05) is 16.0 Å². The molecule has 0 saturated heterocycles. The van der Waals surface area contributed by atoms with Crippen molar-refractivity contribution >= 4 is 38.9 Å². The van der Waals surface area contributed by atoms with Crippen LogP contribution in [0.25, 0.3) is 21.5 Å². The van der Waals surface area contributed by atoms with Crippen LogP contribution < -0.4 is 0 Å². The zero-order valence-corrected chi connectivity index (χ0v) is 21.3. The maximum atomic E-state index is 13.3. The monoisotopic (exact) mass is 465 g/mol. The van der Waals surface area contributed by atoms with E-state index >= 15 is 0 Å². The zero-order chi connectivity index (χ0) is 23.5. The molecule has 3 aromatic carbocycles. The molecule has 0 N–H and O–H groups in total. The molecule has 0 aliphatic rings. The predicted molar refractivity (Wildman–Crippen MR) is 145 cm³/mol. The molecular formula is C30H40ClNO. The van der Waals surface area contributed by atoms with Gasteiger partial charge in [0.05, 0.1) is 6.54 Å². The molecule has 0 unspecified atom stereocenters. The summed E-state index contributed by atoms with van der Waals surface area (Å²) in [4.78, 5) is 15.7. The van der Waals surface area contributed by atoms with Crippen LogP contribution in [0.1, 0.15) is 88.4 Å². The molecule has 0 aliphatic heterocycles. The molecule has 2 nitrogen and oxygen atoms in total. The Morgan fingerprint density at radius 3 is 1.97 bits per heavy atom. The third-order valence-corrected chi connectivity index (χ3v) is 6.97. The Morgan fingerprint density at radius 1 is 0.727 bits per heavy atom. The van der Waals surface area contributed by atoms with Gasteiger partial charge in [0.25, 0.3) is 0 Å². The summed E-state index contributed by atoms with van der Waals surface area (Å²) in [5, 5.41) is 5.09. The maximum Gasteiger partial charge on any atom is 0.176 e. The summed E-state index contributed by atoms with van der Waals surface area (Å²) >= 11 is 6.49. The summed E-state index contributed by atoms with van der Waals surface area (Å²) in [5.41, 5.74) is 0.803. The Morgan fingerprint density at radius 2 is 1.33 bits per heavy atom. The van der Waals surface area contributed by atoms with Gasteiger partial charge in [0.15, 0.2) is 5.78 Å². The van der Waals surface area contributed by atoms with Gasteiger partial charge in [-0.25, -0.2) is 0 Å². The van der Waals surface area contributed by atoms with Crippen LogP contribution in [0, 0.1) is 0 Å². The Hall–Kier alpha value is -1.90. The van der Waals surface area contributed by atoms with Gasteiger partial charge >= 0.3 is 0 Å². The maximum absolute atomic E-state index is 13.3. The van der Waals surface area contributed by atoms with E-state index in [1.807, 2.05) is 36.4 Å². The second-order valence-corrected chi connectivity index (χ2v) is 9.77. The van der Waals surface area contributed by atoms with Crippen LogP contribution in [0.5, 0.6) is 0 Å². The minimum absolute atomic E-state index is 0.220. The largest absolute Gasteiger partial charge is 0.296 e. The van der Waals surface area contributed by atoms with Gasteiger partial charge in [-0.1, -0.05) is 113 Å². The highest BCUT2D eigenvalue weighted by Gasteiger charge is 2.14. The van der Waals surface area contributed by atoms with Crippen LogP contribution in [-0.4, -0.2) is 30.3 Å². The van der Waals surface area contributed by atoms with E-state index < -0.39 is 0 Å².